The zero-order chi connectivity index (χ0) is 51.1. The lowest BCUT2D eigenvalue weighted by atomic mass is 10.1. The maximum atomic E-state index is 12.9. The van der Waals surface area contributed by atoms with Crippen molar-refractivity contribution in [2.45, 2.75) is 26.4 Å². The van der Waals surface area contributed by atoms with Crippen molar-refractivity contribution in [2.24, 2.45) is 28.2 Å². The van der Waals surface area contributed by atoms with Crippen LogP contribution in [0.15, 0.2) is 146 Å². The number of hydrogen-bond donors (Lipinski definition) is 8. The van der Waals surface area contributed by atoms with Gasteiger partial charge in [-0.1, -0.05) is 24.3 Å². The molecule has 18 nitrogen and oxygen atoms in total. The summed E-state index contributed by atoms with van der Waals surface area (Å²) in [5.41, 5.74) is 26.8. The van der Waals surface area contributed by atoms with E-state index in [0.29, 0.717) is 68.3 Å². The molecule has 0 spiro atoms. The number of ether oxygens (including phenoxy) is 1. The molecule has 8 rings (SSSR count). The zero-order valence-electron chi connectivity index (χ0n) is 40.3. The van der Waals surface area contributed by atoms with Crippen LogP contribution in [0.2, 0.25) is 0 Å². The first-order valence-electron chi connectivity index (χ1n) is 22.3. The number of hydrogen-bond acceptors (Lipinski definition) is 9. The molecule has 18 heteroatoms. The zero-order valence-corrected chi connectivity index (χ0v) is 40.3. The van der Waals surface area contributed by atoms with Gasteiger partial charge in [-0.3, -0.25) is 24.5 Å². The summed E-state index contributed by atoms with van der Waals surface area (Å²) in [7, 11) is 7.11. The van der Waals surface area contributed by atoms with E-state index in [1.165, 1.54) is 0 Å². The molecule has 0 bridgehead atoms. The molecule has 11 N–H and O–H groups in total. The number of nitrogens with two attached hydrogens (primary N) is 3. The van der Waals surface area contributed by atoms with Gasteiger partial charge in [0.1, 0.15) is 28.4 Å². The van der Waals surface area contributed by atoms with Crippen LogP contribution < -0.4 is 43.8 Å². The van der Waals surface area contributed by atoms with E-state index < -0.39 is 11.7 Å². The van der Waals surface area contributed by atoms with Crippen molar-refractivity contribution in [1.82, 2.24) is 18.3 Å². The molecule has 0 aliphatic heterocycles. The first-order chi connectivity index (χ1) is 33.7. The second-order valence-corrected chi connectivity index (χ2v) is 17.8. The fourth-order valence-corrected chi connectivity index (χ4v) is 7.40. The van der Waals surface area contributed by atoms with Gasteiger partial charge in [0, 0.05) is 98.2 Å². The number of carbonyl (C=O) groups excluding carboxylic acids is 5. The normalized spacial score (nSPS) is 10.9. The molecule has 0 unspecified atom stereocenters. The van der Waals surface area contributed by atoms with Gasteiger partial charge < -0.3 is 61.5 Å². The molecule has 0 aliphatic carbocycles. The summed E-state index contributed by atoms with van der Waals surface area (Å²) in [6.07, 6.45) is 6.49. The molecule has 364 valence electrons. The molecule has 71 heavy (non-hydrogen) atoms. The monoisotopic (exact) mass is 956 g/mol. The van der Waals surface area contributed by atoms with Crippen LogP contribution in [-0.4, -0.2) is 53.6 Å². The van der Waals surface area contributed by atoms with E-state index in [2.05, 4.69) is 26.6 Å². The number of aryl methyl sites for hydroxylation is 4. The van der Waals surface area contributed by atoms with Gasteiger partial charge in [-0.15, -0.1) is 0 Å². The summed E-state index contributed by atoms with van der Waals surface area (Å²) < 4.78 is 12.1. The maximum absolute atomic E-state index is 12.9. The van der Waals surface area contributed by atoms with Crippen LogP contribution in [0.5, 0.6) is 0 Å². The molecule has 0 radical (unpaired) electrons. The number of carbonyl (C=O) groups is 5. The summed E-state index contributed by atoms with van der Waals surface area (Å²) in [6, 6.07) is 35.5. The highest BCUT2D eigenvalue weighted by Gasteiger charge is 2.20. The lowest BCUT2D eigenvalue weighted by Gasteiger charge is -2.19. The Morgan fingerprint density at radius 1 is 0.380 bits per heavy atom. The fourth-order valence-electron chi connectivity index (χ4n) is 7.40. The predicted molar refractivity (Wildman–Crippen MR) is 280 cm³/mol. The number of nitrogens with one attached hydrogen (secondary N) is 5. The minimum absolute atomic E-state index is 0.214. The molecule has 0 aliphatic rings. The van der Waals surface area contributed by atoms with Crippen molar-refractivity contribution < 1.29 is 28.7 Å². The third-order valence-corrected chi connectivity index (χ3v) is 10.9. The topological polar surface area (TPSA) is 253 Å². The van der Waals surface area contributed by atoms with Gasteiger partial charge in [0.05, 0.1) is 11.4 Å². The number of benzene rings is 4. The third kappa shape index (κ3) is 12.8. The van der Waals surface area contributed by atoms with Gasteiger partial charge in [0.2, 0.25) is 0 Å². The average molecular weight is 957 g/mol. The van der Waals surface area contributed by atoms with E-state index in [4.69, 9.17) is 21.9 Å². The summed E-state index contributed by atoms with van der Waals surface area (Å²) in [6.45, 7) is 5.33. The Kier molecular flexibility index (Phi) is 14.5. The van der Waals surface area contributed by atoms with Crippen LogP contribution in [-0.2, 0) is 32.9 Å². The Morgan fingerprint density at radius 3 is 1.06 bits per heavy atom. The predicted octanol–water partition coefficient (Wildman–Crippen LogP) is 9.16. The smallest absolute Gasteiger partial charge is 0.412 e. The first-order valence-corrected chi connectivity index (χ1v) is 22.3. The van der Waals surface area contributed by atoms with Gasteiger partial charge in [-0.2, -0.15) is 0 Å². The SMILES string of the molecule is Cn1cc(N)cc1C(=O)Nc1ccc(-c2cc(C(=O)Nc3ccc(N)cc3)n(C)c2)cc1.Cn1cc(NC(=O)OC(C)(C)C)cc1C(=O)Nc1ccc(-c2cc(C(=O)Nc3ccc(N)cc3)n(C)c2)cc1. The van der Waals surface area contributed by atoms with E-state index in [1.54, 1.807) is 138 Å². The molecule has 0 atom stereocenters. The van der Waals surface area contributed by atoms with Crippen molar-refractivity contribution in [3.05, 3.63) is 169 Å². The number of anilines is 8. The number of rotatable bonds is 11. The highest BCUT2D eigenvalue weighted by Crippen LogP contribution is 2.27. The van der Waals surface area contributed by atoms with Gasteiger partial charge in [0.15, 0.2) is 0 Å². The number of nitrogen functional groups attached to an aromatic ring is 3. The summed E-state index contributed by atoms with van der Waals surface area (Å²) in [5.74, 6) is -1.02. The minimum atomic E-state index is -0.628. The molecule has 0 fully saturated rings. The molecular formula is C53H56N12O6. The average Bonchev–Trinajstić information content (AvgIpc) is 4.09. The maximum Gasteiger partial charge on any atom is 0.412 e. The van der Waals surface area contributed by atoms with Crippen LogP contribution >= 0.6 is 0 Å². The Labute approximate surface area is 410 Å². The quantitative estimate of drug-likeness (QED) is 0.0575. The van der Waals surface area contributed by atoms with Gasteiger partial charge in [0.25, 0.3) is 23.6 Å². The Hall–Kier alpha value is -9.45. The fraction of sp³-hybridized carbons (Fsp3) is 0.151. The molecule has 4 heterocycles. The number of nitrogens with zero attached hydrogens (tertiary/aromatic N) is 4. The van der Waals surface area contributed by atoms with E-state index >= 15 is 0 Å². The highest BCUT2D eigenvalue weighted by atomic mass is 16.6. The lowest BCUT2D eigenvalue weighted by Crippen LogP contribution is -2.27. The molecule has 8 aromatic rings. The van der Waals surface area contributed by atoms with Crippen LogP contribution in [0.1, 0.15) is 62.7 Å². The molecule has 0 saturated heterocycles. The van der Waals surface area contributed by atoms with Crippen LogP contribution in [0.3, 0.4) is 0 Å². The minimum Gasteiger partial charge on any atom is -0.444 e. The van der Waals surface area contributed by atoms with Crippen molar-refractivity contribution in [2.75, 3.05) is 43.8 Å². The van der Waals surface area contributed by atoms with Gasteiger partial charge in [-0.05, 0) is 129 Å². The van der Waals surface area contributed by atoms with E-state index in [0.717, 1.165) is 22.3 Å². The lowest BCUT2D eigenvalue weighted by molar-refractivity contribution is 0.0635. The van der Waals surface area contributed by atoms with Crippen molar-refractivity contribution in [3.8, 4) is 22.3 Å². The largest absolute Gasteiger partial charge is 0.444 e. The molecule has 4 aromatic carbocycles. The Morgan fingerprint density at radius 2 is 0.704 bits per heavy atom. The summed E-state index contributed by atoms with van der Waals surface area (Å²) in [4.78, 5) is 62.8. The van der Waals surface area contributed by atoms with Crippen LogP contribution in [0.4, 0.5) is 50.3 Å². The second-order valence-electron chi connectivity index (χ2n) is 17.8. The van der Waals surface area contributed by atoms with Gasteiger partial charge >= 0.3 is 6.09 Å². The molecular weight excluding hydrogens is 901 g/mol. The Balaban J connectivity index is 0.000000213. The van der Waals surface area contributed by atoms with Crippen molar-refractivity contribution >= 4 is 75.2 Å². The summed E-state index contributed by atoms with van der Waals surface area (Å²) in [5, 5.41) is 14.1. The third-order valence-electron chi connectivity index (χ3n) is 10.9. The van der Waals surface area contributed by atoms with E-state index in [1.807, 2.05) is 75.0 Å². The summed E-state index contributed by atoms with van der Waals surface area (Å²) >= 11 is 0. The highest BCUT2D eigenvalue weighted by molar-refractivity contribution is 6.06. The standard InChI is InChI=1S/C29H32N6O4.C24H24N6O2/c1-29(2,3)39-28(38)33-23-15-25(35(5)17-23)27(37)31-21-10-6-18(7-11-21)19-14-24(34(4)16-19)26(36)32-22-12-8-20(30)9-13-22;1-29-13-16(11-21(29)23(31)28-20-9-5-17(25)6-10-20)15-3-7-19(8-4-15)27-24(32)22-12-18(26)14-30(22)2/h6-17H,30H2,1-5H3,(H,31,37)(H,32,36)(H,33,38);3-14H,25-26H2,1-2H3,(H,27,32)(H,28,31). The molecule has 4 aromatic heterocycles. The molecule has 0 saturated carbocycles. The van der Waals surface area contributed by atoms with Crippen LogP contribution in [0, 0.1) is 0 Å². The molecule has 5 amide bonds. The van der Waals surface area contributed by atoms with Crippen molar-refractivity contribution in [3.63, 3.8) is 0 Å². The van der Waals surface area contributed by atoms with Crippen molar-refractivity contribution in [1.29, 1.82) is 0 Å². The van der Waals surface area contributed by atoms with E-state index in [9.17, 15) is 24.0 Å². The Bertz CT molecular complexity index is 3230. The van der Waals surface area contributed by atoms with E-state index in [-0.39, 0.29) is 23.6 Å². The van der Waals surface area contributed by atoms with Gasteiger partial charge in [-0.25, -0.2) is 4.79 Å². The first kappa shape index (κ1) is 49.5. The second kappa shape index (κ2) is 20.8. The number of aromatic nitrogens is 4. The number of amides is 5. The van der Waals surface area contributed by atoms with Crippen LogP contribution in [0.25, 0.3) is 22.3 Å².